The van der Waals surface area contributed by atoms with Gasteiger partial charge in [-0.3, -0.25) is 0 Å². The van der Waals surface area contributed by atoms with Crippen molar-refractivity contribution in [3.05, 3.63) is 12.7 Å². The number of nitrogens with zero attached hydrogens (tertiary/aromatic N) is 2. The van der Waals surface area contributed by atoms with Crippen LogP contribution in [0.2, 0.25) is 0 Å². The molecule has 0 aromatic rings. The Kier molecular flexibility index (Phi) is 12.2. The third kappa shape index (κ3) is 7.44. The van der Waals surface area contributed by atoms with Gasteiger partial charge in [0.1, 0.15) is 0 Å². The van der Waals surface area contributed by atoms with Crippen molar-refractivity contribution >= 4 is 29.9 Å². The minimum Gasteiger partial charge on any atom is -0.382 e. The molecule has 0 spiro atoms. The summed E-state index contributed by atoms with van der Waals surface area (Å²) in [5.74, 6) is 1.58. The van der Waals surface area contributed by atoms with E-state index in [4.69, 9.17) is 9.47 Å². The molecule has 0 aromatic heterocycles. The fraction of sp³-hybridized carbons (Fsp3) is 0.786. The Labute approximate surface area is 139 Å². The molecule has 1 aliphatic rings. The van der Waals surface area contributed by atoms with Crippen LogP contribution in [0.1, 0.15) is 13.3 Å². The minimum absolute atomic E-state index is 0. The van der Waals surface area contributed by atoms with E-state index in [1.807, 2.05) is 6.08 Å². The Hall–Kier alpha value is -0.340. The van der Waals surface area contributed by atoms with E-state index in [0.717, 1.165) is 38.6 Å². The monoisotopic (exact) mass is 397 g/mol. The van der Waals surface area contributed by atoms with Crippen molar-refractivity contribution in [2.45, 2.75) is 13.3 Å². The molecule has 1 rings (SSSR count). The van der Waals surface area contributed by atoms with E-state index in [1.54, 1.807) is 7.11 Å². The Morgan fingerprint density at radius 3 is 2.95 bits per heavy atom. The summed E-state index contributed by atoms with van der Waals surface area (Å²) in [6.45, 7) is 11.5. The zero-order valence-electron chi connectivity index (χ0n) is 12.6. The summed E-state index contributed by atoms with van der Waals surface area (Å²) in [5.41, 5.74) is 0. The number of methoxy groups -OCH3 is 1. The number of guanidine groups is 1. The second-order valence-corrected chi connectivity index (χ2v) is 4.65. The highest BCUT2D eigenvalue weighted by molar-refractivity contribution is 14.0. The van der Waals surface area contributed by atoms with Crippen LogP contribution in [-0.4, -0.2) is 64.0 Å². The van der Waals surface area contributed by atoms with E-state index in [2.05, 4.69) is 28.7 Å². The fourth-order valence-electron chi connectivity index (χ4n) is 2.13. The van der Waals surface area contributed by atoms with Crippen LogP contribution in [0.3, 0.4) is 0 Å². The first-order valence-electron chi connectivity index (χ1n) is 7.02. The third-order valence-electron chi connectivity index (χ3n) is 3.08. The van der Waals surface area contributed by atoms with Gasteiger partial charge in [-0.25, -0.2) is 4.99 Å². The highest BCUT2D eigenvalue weighted by Gasteiger charge is 2.24. The molecule has 6 heteroatoms. The average molecular weight is 397 g/mol. The zero-order valence-corrected chi connectivity index (χ0v) is 15.0. The van der Waals surface area contributed by atoms with Gasteiger partial charge >= 0.3 is 0 Å². The summed E-state index contributed by atoms with van der Waals surface area (Å²) in [7, 11) is 1.69. The summed E-state index contributed by atoms with van der Waals surface area (Å²) in [5, 5.41) is 3.32. The standard InChI is InChI=1S/C14H27N3O2.HI/c1-4-7-16-14(15-5-2)17-8-6-13(11-17)12-19-10-9-18-3;/h4,13H,1,5-12H2,2-3H3,(H,15,16);1H. The van der Waals surface area contributed by atoms with Gasteiger partial charge in [-0.2, -0.15) is 0 Å². The van der Waals surface area contributed by atoms with E-state index >= 15 is 0 Å². The van der Waals surface area contributed by atoms with Gasteiger partial charge in [-0.05, 0) is 13.3 Å². The van der Waals surface area contributed by atoms with Crippen molar-refractivity contribution in [1.29, 1.82) is 0 Å². The van der Waals surface area contributed by atoms with Crippen molar-refractivity contribution in [3.8, 4) is 0 Å². The predicted octanol–water partition coefficient (Wildman–Crippen LogP) is 1.74. The molecule has 1 heterocycles. The Bertz CT molecular complexity index is 288. The van der Waals surface area contributed by atoms with Crippen LogP contribution >= 0.6 is 24.0 Å². The van der Waals surface area contributed by atoms with E-state index in [0.29, 0.717) is 25.7 Å². The summed E-state index contributed by atoms with van der Waals surface area (Å²) in [6.07, 6.45) is 2.98. The molecular weight excluding hydrogens is 369 g/mol. The van der Waals surface area contributed by atoms with E-state index in [1.165, 1.54) is 0 Å². The molecule has 0 aromatic carbocycles. The van der Waals surface area contributed by atoms with Crippen LogP contribution < -0.4 is 5.32 Å². The number of likely N-dealkylation sites (tertiary alicyclic amines) is 1. The first-order valence-corrected chi connectivity index (χ1v) is 7.02. The SMILES string of the molecule is C=CCN=C(NCC)N1CCC(COCCOC)C1.I. The second-order valence-electron chi connectivity index (χ2n) is 4.65. The van der Waals surface area contributed by atoms with Crippen LogP contribution in [-0.2, 0) is 9.47 Å². The summed E-state index contributed by atoms with van der Waals surface area (Å²) in [6, 6.07) is 0. The zero-order chi connectivity index (χ0) is 13.9. The van der Waals surface area contributed by atoms with Crippen molar-refractivity contribution in [2.24, 2.45) is 10.9 Å². The molecule has 1 saturated heterocycles. The van der Waals surface area contributed by atoms with Gasteiger partial charge in [-0.15, -0.1) is 30.6 Å². The minimum atomic E-state index is 0. The van der Waals surface area contributed by atoms with Crippen LogP contribution in [0, 0.1) is 5.92 Å². The molecule has 1 unspecified atom stereocenters. The average Bonchev–Trinajstić information content (AvgIpc) is 2.88. The van der Waals surface area contributed by atoms with Crippen LogP contribution in [0.15, 0.2) is 17.6 Å². The first kappa shape index (κ1) is 19.7. The molecule has 0 saturated carbocycles. The van der Waals surface area contributed by atoms with Gasteiger partial charge in [0.25, 0.3) is 0 Å². The Morgan fingerprint density at radius 2 is 2.30 bits per heavy atom. The molecule has 5 nitrogen and oxygen atoms in total. The molecule has 1 atom stereocenters. The number of nitrogens with one attached hydrogen (secondary N) is 1. The number of ether oxygens (including phenoxy) is 2. The lowest BCUT2D eigenvalue weighted by Gasteiger charge is -2.21. The largest absolute Gasteiger partial charge is 0.382 e. The van der Waals surface area contributed by atoms with E-state index in [-0.39, 0.29) is 24.0 Å². The number of rotatable bonds is 8. The number of hydrogen-bond donors (Lipinski definition) is 1. The van der Waals surface area contributed by atoms with Crippen molar-refractivity contribution in [2.75, 3.05) is 53.1 Å². The van der Waals surface area contributed by atoms with Crippen LogP contribution in [0.25, 0.3) is 0 Å². The topological polar surface area (TPSA) is 46.1 Å². The smallest absolute Gasteiger partial charge is 0.194 e. The normalized spacial score (nSPS) is 18.8. The molecule has 0 radical (unpaired) electrons. The molecule has 0 amide bonds. The fourth-order valence-corrected chi connectivity index (χ4v) is 2.13. The molecule has 1 N–H and O–H groups in total. The molecule has 118 valence electrons. The molecule has 1 aliphatic heterocycles. The number of halogens is 1. The molecule has 20 heavy (non-hydrogen) atoms. The van der Waals surface area contributed by atoms with Gasteiger partial charge in [0, 0.05) is 32.7 Å². The maximum Gasteiger partial charge on any atom is 0.194 e. The van der Waals surface area contributed by atoms with E-state index < -0.39 is 0 Å². The summed E-state index contributed by atoms with van der Waals surface area (Å²) in [4.78, 5) is 6.81. The number of aliphatic imine (C=N–C) groups is 1. The summed E-state index contributed by atoms with van der Waals surface area (Å²) < 4.78 is 10.6. The van der Waals surface area contributed by atoms with E-state index in [9.17, 15) is 0 Å². The first-order chi connectivity index (χ1) is 9.31. The highest BCUT2D eigenvalue weighted by atomic mass is 127. The number of hydrogen-bond acceptors (Lipinski definition) is 3. The molecular formula is C14H28IN3O2. The predicted molar refractivity (Wildman–Crippen MR) is 94.0 cm³/mol. The highest BCUT2D eigenvalue weighted by Crippen LogP contribution is 2.16. The maximum atomic E-state index is 5.60. The quantitative estimate of drug-likeness (QED) is 0.223. The van der Waals surface area contributed by atoms with Crippen LogP contribution in [0.4, 0.5) is 0 Å². The summed E-state index contributed by atoms with van der Waals surface area (Å²) >= 11 is 0. The van der Waals surface area contributed by atoms with Crippen LogP contribution in [0.5, 0.6) is 0 Å². The molecule has 1 fully saturated rings. The lowest BCUT2D eigenvalue weighted by atomic mass is 10.1. The second kappa shape index (κ2) is 12.4. The van der Waals surface area contributed by atoms with Crippen molar-refractivity contribution in [3.63, 3.8) is 0 Å². The lowest BCUT2D eigenvalue weighted by molar-refractivity contribution is 0.0536. The van der Waals surface area contributed by atoms with Gasteiger partial charge in [0.2, 0.25) is 0 Å². The third-order valence-corrected chi connectivity index (χ3v) is 3.08. The van der Waals surface area contributed by atoms with Gasteiger partial charge in [0.05, 0.1) is 26.4 Å². The Balaban J connectivity index is 0.00000361. The Morgan fingerprint density at radius 1 is 1.50 bits per heavy atom. The van der Waals surface area contributed by atoms with Crippen molar-refractivity contribution < 1.29 is 9.47 Å². The molecule has 0 aliphatic carbocycles. The maximum absolute atomic E-state index is 5.60. The van der Waals surface area contributed by atoms with Gasteiger partial charge in [-0.1, -0.05) is 6.08 Å². The molecule has 0 bridgehead atoms. The van der Waals surface area contributed by atoms with Crippen molar-refractivity contribution in [1.82, 2.24) is 10.2 Å². The van der Waals surface area contributed by atoms with Gasteiger partial charge in [0.15, 0.2) is 5.96 Å². The van der Waals surface area contributed by atoms with Gasteiger partial charge < -0.3 is 19.7 Å². The lowest BCUT2D eigenvalue weighted by Crippen LogP contribution is -2.40.